The average molecular weight is 322 g/mol. The van der Waals surface area contributed by atoms with E-state index in [0.717, 1.165) is 42.9 Å². The Kier molecular flexibility index (Phi) is 4.23. The van der Waals surface area contributed by atoms with Crippen molar-refractivity contribution in [3.8, 4) is 0 Å². The van der Waals surface area contributed by atoms with E-state index in [4.69, 9.17) is 10.8 Å². The zero-order valence-electron chi connectivity index (χ0n) is 13.7. The molecule has 2 N–H and O–H groups in total. The molecule has 0 radical (unpaired) electrons. The van der Waals surface area contributed by atoms with E-state index in [0.29, 0.717) is 19.0 Å². The van der Waals surface area contributed by atoms with Gasteiger partial charge in [0.15, 0.2) is 5.65 Å². The fraction of sp³-hybridized carbons (Fsp3) is 0.389. The summed E-state index contributed by atoms with van der Waals surface area (Å²) >= 11 is 0. The van der Waals surface area contributed by atoms with Gasteiger partial charge in [-0.15, -0.1) is 0 Å². The van der Waals surface area contributed by atoms with Gasteiger partial charge in [-0.1, -0.05) is 30.3 Å². The van der Waals surface area contributed by atoms with Crippen LogP contribution in [-0.2, 0) is 13.1 Å². The van der Waals surface area contributed by atoms with Gasteiger partial charge in [-0.3, -0.25) is 4.90 Å². The van der Waals surface area contributed by atoms with Crippen molar-refractivity contribution < 1.29 is 0 Å². The maximum absolute atomic E-state index is 5.71. The van der Waals surface area contributed by atoms with Gasteiger partial charge in [0.2, 0.25) is 0 Å². The van der Waals surface area contributed by atoms with E-state index in [9.17, 15) is 0 Å². The summed E-state index contributed by atoms with van der Waals surface area (Å²) < 4.78 is 1.90. The number of nitrogens with two attached hydrogens (primary N) is 1. The SMILES string of the molecule is NCCn1nc([C@@H]2CCN(Cc3ccccc3)C2)c2nccnc21. The zero-order valence-corrected chi connectivity index (χ0v) is 13.7. The number of nitrogens with zero attached hydrogens (tertiary/aromatic N) is 5. The first-order chi connectivity index (χ1) is 11.8. The molecule has 4 rings (SSSR count). The topological polar surface area (TPSA) is 72.9 Å². The molecule has 124 valence electrons. The van der Waals surface area contributed by atoms with Crippen LogP contribution in [0.4, 0.5) is 0 Å². The molecule has 1 saturated heterocycles. The Morgan fingerprint density at radius 3 is 2.79 bits per heavy atom. The van der Waals surface area contributed by atoms with Gasteiger partial charge in [0, 0.05) is 37.9 Å². The van der Waals surface area contributed by atoms with Gasteiger partial charge in [0.1, 0.15) is 5.52 Å². The fourth-order valence-corrected chi connectivity index (χ4v) is 3.52. The van der Waals surface area contributed by atoms with Gasteiger partial charge in [-0.05, 0) is 18.5 Å². The summed E-state index contributed by atoms with van der Waals surface area (Å²) in [5.41, 5.74) is 9.91. The molecule has 0 bridgehead atoms. The maximum Gasteiger partial charge on any atom is 0.177 e. The lowest BCUT2D eigenvalue weighted by Gasteiger charge is -2.15. The van der Waals surface area contributed by atoms with Gasteiger partial charge in [-0.25, -0.2) is 14.6 Å². The van der Waals surface area contributed by atoms with Crippen molar-refractivity contribution in [3.05, 3.63) is 54.0 Å². The summed E-state index contributed by atoms with van der Waals surface area (Å²) in [7, 11) is 0. The molecule has 0 aliphatic carbocycles. The molecular formula is C18H22N6. The minimum absolute atomic E-state index is 0.409. The zero-order chi connectivity index (χ0) is 16.4. The van der Waals surface area contributed by atoms with Gasteiger partial charge < -0.3 is 5.73 Å². The molecule has 3 heterocycles. The Bertz CT molecular complexity index is 813. The summed E-state index contributed by atoms with van der Waals surface area (Å²) in [6.45, 7) is 4.32. The quantitative estimate of drug-likeness (QED) is 0.775. The van der Waals surface area contributed by atoms with E-state index in [1.807, 2.05) is 4.68 Å². The second-order valence-corrected chi connectivity index (χ2v) is 6.33. The average Bonchev–Trinajstić information content (AvgIpc) is 3.21. The maximum atomic E-state index is 5.71. The lowest BCUT2D eigenvalue weighted by Crippen LogP contribution is -2.20. The molecule has 0 spiro atoms. The third kappa shape index (κ3) is 2.90. The Morgan fingerprint density at radius 1 is 1.12 bits per heavy atom. The molecule has 1 aliphatic heterocycles. The highest BCUT2D eigenvalue weighted by Gasteiger charge is 2.28. The van der Waals surface area contributed by atoms with Crippen LogP contribution in [0.25, 0.3) is 11.2 Å². The number of fused-ring (bicyclic) bond motifs is 1. The van der Waals surface area contributed by atoms with Crippen molar-refractivity contribution in [2.45, 2.75) is 25.4 Å². The van der Waals surface area contributed by atoms with Gasteiger partial charge in [-0.2, -0.15) is 5.10 Å². The van der Waals surface area contributed by atoms with Crippen LogP contribution in [0.3, 0.4) is 0 Å². The van der Waals surface area contributed by atoms with E-state index in [-0.39, 0.29) is 0 Å². The van der Waals surface area contributed by atoms with Crippen LogP contribution in [-0.4, -0.2) is 44.3 Å². The molecule has 0 saturated carbocycles. The van der Waals surface area contributed by atoms with Crippen molar-refractivity contribution in [2.75, 3.05) is 19.6 Å². The molecule has 2 aromatic heterocycles. The molecule has 6 nitrogen and oxygen atoms in total. The van der Waals surface area contributed by atoms with Crippen LogP contribution in [0.2, 0.25) is 0 Å². The monoisotopic (exact) mass is 322 g/mol. The second kappa shape index (κ2) is 6.67. The van der Waals surface area contributed by atoms with Crippen LogP contribution in [0, 0.1) is 0 Å². The first kappa shape index (κ1) is 15.2. The Balaban J connectivity index is 1.55. The third-order valence-corrected chi connectivity index (χ3v) is 4.64. The number of aromatic nitrogens is 4. The lowest BCUT2D eigenvalue weighted by atomic mass is 10.0. The molecule has 6 heteroatoms. The Morgan fingerprint density at radius 2 is 1.96 bits per heavy atom. The summed E-state index contributed by atoms with van der Waals surface area (Å²) in [4.78, 5) is 11.5. The summed E-state index contributed by atoms with van der Waals surface area (Å²) in [6, 6.07) is 10.6. The van der Waals surface area contributed by atoms with Crippen molar-refractivity contribution >= 4 is 11.2 Å². The third-order valence-electron chi connectivity index (χ3n) is 4.64. The van der Waals surface area contributed by atoms with E-state index < -0.39 is 0 Å². The number of hydrogen-bond donors (Lipinski definition) is 1. The second-order valence-electron chi connectivity index (χ2n) is 6.33. The van der Waals surface area contributed by atoms with E-state index in [1.54, 1.807) is 12.4 Å². The van der Waals surface area contributed by atoms with Crippen molar-refractivity contribution in [2.24, 2.45) is 5.73 Å². The molecule has 1 aromatic carbocycles. The Labute approximate surface area is 141 Å². The van der Waals surface area contributed by atoms with Crippen LogP contribution in [0.5, 0.6) is 0 Å². The van der Waals surface area contributed by atoms with Gasteiger partial charge in [0.25, 0.3) is 0 Å². The molecule has 0 amide bonds. The Hall–Kier alpha value is -2.31. The van der Waals surface area contributed by atoms with E-state index in [1.165, 1.54) is 5.56 Å². The normalized spacial score (nSPS) is 18.5. The highest BCUT2D eigenvalue weighted by molar-refractivity contribution is 5.73. The van der Waals surface area contributed by atoms with Crippen LogP contribution >= 0.6 is 0 Å². The number of rotatable bonds is 5. The van der Waals surface area contributed by atoms with Crippen molar-refractivity contribution in [1.29, 1.82) is 0 Å². The van der Waals surface area contributed by atoms with Crippen LogP contribution in [0.1, 0.15) is 23.6 Å². The number of benzene rings is 1. The first-order valence-corrected chi connectivity index (χ1v) is 8.49. The minimum atomic E-state index is 0.409. The standard InChI is InChI=1S/C18H22N6/c19-7-11-24-18-17(20-8-9-21-18)16(22-24)15-6-10-23(13-15)12-14-4-2-1-3-5-14/h1-5,8-9,15H,6-7,10-13,19H2/t15-/m1/s1. The van der Waals surface area contributed by atoms with Crippen LogP contribution in [0.15, 0.2) is 42.7 Å². The fourth-order valence-electron chi connectivity index (χ4n) is 3.52. The van der Waals surface area contributed by atoms with Gasteiger partial charge >= 0.3 is 0 Å². The predicted octanol–water partition coefficient (Wildman–Crippen LogP) is 1.77. The molecule has 1 fully saturated rings. The van der Waals surface area contributed by atoms with Gasteiger partial charge in [0.05, 0.1) is 12.2 Å². The molecule has 1 aliphatic rings. The predicted molar refractivity (Wildman–Crippen MR) is 93.5 cm³/mol. The lowest BCUT2D eigenvalue weighted by molar-refractivity contribution is 0.326. The molecule has 0 unspecified atom stereocenters. The summed E-state index contributed by atoms with van der Waals surface area (Å²) in [5.74, 6) is 0.409. The van der Waals surface area contributed by atoms with E-state index >= 15 is 0 Å². The first-order valence-electron chi connectivity index (χ1n) is 8.49. The number of likely N-dealkylation sites (tertiary alicyclic amines) is 1. The highest BCUT2D eigenvalue weighted by atomic mass is 15.3. The summed E-state index contributed by atoms with van der Waals surface area (Å²) in [6.07, 6.45) is 4.58. The largest absolute Gasteiger partial charge is 0.329 e. The number of hydrogen-bond acceptors (Lipinski definition) is 5. The van der Waals surface area contributed by atoms with Crippen LogP contribution < -0.4 is 5.73 Å². The minimum Gasteiger partial charge on any atom is -0.329 e. The molecule has 24 heavy (non-hydrogen) atoms. The highest BCUT2D eigenvalue weighted by Crippen LogP contribution is 2.30. The van der Waals surface area contributed by atoms with Crippen molar-refractivity contribution in [1.82, 2.24) is 24.6 Å². The molecule has 3 aromatic rings. The van der Waals surface area contributed by atoms with E-state index in [2.05, 4.69) is 45.2 Å². The molecule has 1 atom stereocenters. The van der Waals surface area contributed by atoms with Crippen molar-refractivity contribution in [3.63, 3.8) is 0 Å². The summed E-state index contributed by atoms with van der Waals surface area (Å²) in [5, 5.41) is 4.79. The molecular weight excluding hydrogens is 300 g/mol. The smallest absolute Gasteiger partial charge is 0.177 e.